The standard InChI is InChI=1S/C15H26O3Si/c1-15(2,3)19(5,6)18-11-12-8-7-9-14(17-4)13(12)10-16/h7-9,16H,10-11H2,1-6H3. The first-order chi connectivity index (χ1) is 8.73. The smallest absolute Gasteiger partial charge is 0.192 e. The van der Waals surface area contributed by atoms with Gasteiger partial charge in [0, 0.05) is 5.56 Å². The maximum atomic E-state index is 9.50. The molecule has 1 N–H and O–H groups in total. The van der Waals surface area contributed by atoms with E-state index in [2.05, 4.69) is 33.9 Å². The number of hydrogen-bond acceptors (Lipinski definition) is 3. The zero-order valence-corrected chi connectivity index (χ0v) is 13.9. The molecule has 0 aromatic heterocycles. The van der Waals surface area contributed by atoms with Crippen LogP contribution in [0.3, 0.4) is 0 Å². The van der Waals surface area contributed by atoms with Crippen LogP contribution in [0.2, 0.25) is 18.1 Å². The molecule has 0 heterocycles. The SMILES string of the molecule is COc1cccc(CO[Si](C)(C)C(C)(C)C)c1CO. The largest absolute Gasteiger partial charge is 0.496 e. The van der Waals surface area contributed by atoms with Crippen LogP contribution in [0.5, 0.6) is 5.75 Å². The molecule has 0 spiro atoms. The van der Waals surface area contributed by atoms with Crippen LogP contribution in [0.25, 0.3) is 0 Å². The summed E-state index contributed by atoms with van der Waals surface area (Å²) in [6, 6.07) is 5.78. The van der Waals surface area contributed by atoms with E-state index in [1.807, 2.05) is 18.2 Å². The van der Waals surface area contributed by atoms with Gasteiger partial charge in [0.15, 0.2) is 8.32 Å². The van der Waals surface area contributed by atoms with Gasteiger partial charge in [0.2, 0.25) is 0 Å². The van der Waals surface area contributed by atoms with Crippen molar-refractivity contribution in [3.05, 3.63) is 29.3 Å². The Hall–Kier alpha value is -0.843. The summed E-state index contributed by atoms with van der Waals surface area (Å²) in [5, 5.41) is 9.68. The van der Waals surface area contributed by atoms with E-state index >= 15 is 0 Å². The Balaban J connectivity index is 2.90. The molecule has 0 unspecified atom stereocenters. The Morgan fingerprint density at radius 2 is 1.84 bits per heavy atom. The molecule has 0 amide bonds. The second kappa shape index (κ2) is 6.07. The highest BCUT2D eigenvalue weighted by Gasteiger charge is 2.37. The average molecular weight is 282 g/mol. The molecule has 0 aliphatic carbocycles. The third-order valence-corrected chi connectivity index (χ3v) is 8.48. The average Bonchev–Trinajstić information content (AvgIpc) is 2.34. The lowest BCUT2D eigenvalue weighted by molar-refractivity contribution is 0.253. The van der Waals surface area contributed by atoms with Crippen LogP contribution in [-0.2, 0) is 17.6 Å². The number of hydrogen-bond donors (Lipinski definition) is 1. The molecule has 0 saturated heterocycles. The van der Waals surface area contributed by atoms with Crippen molar-refractivity contribution in [3.63, 3.8) is 0 Å². The Labute approximate surface area is 117 Å². The van der Waals surface area contributed by atoms with Gasteiger partial charge in [-0.1, -0.05) is 32.9 Å². The molecular formula is C15H26O3Si. The molecule has 108 valence electrons. The van der Waals surface area contributed by atoms with Crippen LogP contribution in [0.4, 0.5) is 0 Å². The first-order valence-electron chi connectivity index (χ1n) is 6.62. The van der Waals surface area contributed by atoms with Crippen molar-refractivity contribution in [2.75, 3.05) is 7.11 Å². The molecule has 0 aliphatic heterocycles. The highest BCUT2D eigenvalue weighted by Crippen LogP contribution is 2.37. The topological polar surface area (TPSA) is 38.7 Å². The molecule has 19 heavy (non-hydrogen) atoms. The number of methoxy groups -OCH3 is 1. The fourth-order valence-corrected chi connectivity index (χ4v) is 2.54. The minimum Gasteiger partial charge on any atom is -0.496 e. The Bertz CT molecular complexity index is 422. The van der Waals surface area contributed by atoms with E-state index in [0.29, 0.717) is 6.61 Å². The highest BCUT2D eigenvalue weighted by molar-refractivity contribution is 6.74. The van der Waals surface area contributed by atoms with Gasteiger partial charge in [-0.3, -0.25) is 0 Å². The van der Waals surface area contributed by atoms with Crippen LogP contribution in [0.15, 0.2) is 18.2 Å². The molecule has 0 saturated carbocycles. The number of ether oxygens (including phenoxy) is 1. The van der Waals surface area contributed by atoms with Crippen molar-refractivity contribution < 1.29 is 14.3 Å². The van der Waals surface area contributed by atoms with Gasteiger partial charge in [-0.05, 0) is 29.8 Å². The first-order valence-corrected chi connectivity index (χ1v) is 9.53. The summed E-state index contributed by atoms with van der Waals surface area (Å²) in [6.07, 6.45) is 0. The lowest BCUT2D eigenvalue weighted by Gasteiger charge is -2.36. The van der Waals surface area contributed by atoms with Crippen molar-refractivity contribution in [2.45, 2.75) is 52.1 Å². The summed E-state index contributed by atoms with van der Waals surface area (Å²) in [6.45, 7) is 11.6. The summed E-state index contributed by atoms with van der Waals surface area (Å²) >= 11 is 0. The van der Waals surface area contributed by atoms with Crippen molar-refractivity contribution in [1.29, 1.82) is 0 Å². The molecular weight excluding hydrogens is 256 g/mol. The second-order valence-corrected chi connectivity index (χ2v) is 11.1. The third-order valence-electron chi connectivity index (χ3n) is 4.00. The molecule has 4 heteroatoms. The van der Waals surface area contributed by atoms with Gasteiger partial charge in [0.1, 0.15) is 5.75 Å². The normalized spacial score (nSPS) is 12.6. The van der Waals surface area contributed by atoms with E-state index in [-0.39, 0.29) is 11.6 Å². The zero-order valence-electron chi connectivity index (χ0n) is 12.9. The molecule has 0 aliphatic rings. The van der Waals surface area contributed by atoms with Crippen LogP contribution in [0.1, 0.15) is 31.9 Å². The Morgan fingerprint density at radius 1 is 1.21 bits per heavy atom. The monoisotopic (exact) mass is 282 g/mol. The Kier molecular flexibility index (Phi) is 5.18. The molecule has 0 fully saturated rings. The van der Waals surface area contributed by atoms with E-state index in [4.69, 9.17) is 9.16 Å². The zero-order chi connectivity index (χ0) is 14.7. The molecule has 0 radical (unpaired) electrons. The molecule has 0 bridgehead atoms. The van der Waals surface area contributed by atoms with Crippen LogP contribution < -0.4 is 4.74 Å². The number of benzene rings is 1. The van der Waals surface area contributed by atoms with Crippen molar-refractivity contribution in [2.24, 2.45) is 0 Å². The van der Waals surface area contributed by atoms with Gasteiger partial charge in [-0.15, -0.1) is 0 Å². The van der Waals surface area contributed by atoms with E-state index in [0.717, 1.165) is 16.9 Å². The summed E-state index contributed by atoms with van der Waals surface area (Å²) in [4.78, 5) is 0. The molecule has 1 aromatic rings. The number of rotatable bonds is 5. The summed E-state index contributed by atoms with van der Waals surface area (Å²) in [7, 11) is -0.155. The highest BCUT2D eigenvalue weighted by atomic mass is 28.4. The fourth-order valence-electron chi connectivity index (χ4n) is 1.59. The van der Waals surface area contributed by atoms with E-state index in [9.17, 15) is 5.11 Å². The first kappa shape index (κ1) is 16.2. The molecule has 0 atom stereocenters. The van der Waals surface area contributed by atoms with Crippen molar-refractivity contribution in [3.8, 4) is 5.75 Å². The number of aliphatic hydroxyl groups is 1. The lowest BCUT2D eigenvalue weighted by Crippen LogP contribution is -2.40. The maximum Gasteiger partial charge on any atom is 0.192 e. The Morgan fingerprint density at radius 3 is 2.32 bits per heavy atom. The quantitative estimate of drug-likeness (QED) is 0.837. The number of aliphatic hydroxyl groups excluding tert-OH is 1. The van der Waals surface area contributed by atoms with E-state index in [1.165, 1.54) is 0 Å². The minimum atomic E-state index is -1.77. The van der Waals surface area contributed by atoms with Crippen LogP contribution in [-0.4, -0.2) is 20.5 Å². The lowest BCUT2D eigenvalue weighted by atomic mass is 10.1. The predicted molar refractivity (Wildman–Crippen MR) is 80.9 cm³/mol. The van der Waals surface area contributed by atoms with Crippen molar-refractivity contribution in [1.82, 2.24) is 0 Å². The molecule has 1 rings (SSSR count). The van der Waals surface area contributed by atoms with Gasteiger partial charge in [0.05, 0.1) is 20.3 Å². The van der Waals surface area contributed by atoms with Gasteiger partial charge in [-0.2, -0.15) is 0 Å². The van der Waals surface area contributed by atoms with Gasteiger partial charge < -0.3 is 14.3 Å². The molecule has 3 nitrogen and oxygen atoms in total. The third kappa shape index (κ3) is 3.81. The van der Waals surface area contributed by atoms with E-state index in [1.54, 1.807) is 7.11 Å². The fraction of sp³-hybridized carbons (Fsp3) is 0.600. The predicted octanol–water partition coefficient (Wildman–Crippen LogP) is 3.71. The second-order valence-electron chi connectivity index (χ2n) is 6.31. The summed E-state index contributed by atoms with van der Waals surface area (Å²) in [5.74, 6) is 0.721. The van der Waals surface area contributed by atoms with Crippen molar-refractivity contribution >= 4 is 8.32 Å². The minimum absolute atomic E-state index is 0.0276. The maximum absolute atomic E-state index is 9.50. The molecule has 1 aromatic carbocycles. The van der Waals surface area contributed by atoms with E-state index < -0.39 is 8.32 Å². The van der Waals surface area contributed by atoms with Gasteiger partial charge >= 0.3 is 0 Å². The van der Waals surface area contributed by atoms with Gasteiger partial charge in [-0.25, -0.2) is 0 Å². The van der Waals surface area contributed by atoms with Gasteiger partial charge in [0.25, 0.3) is 0 Å². The van der Waals surface area contributed by atoms with Crippen LogP contribution >= 0.6 is 0 Å². The van der Waals surface area contributed by atoms with Crippen LogP contribution in [0, 0.1) is 0 Å². The summed E-state index contributed by atoms with van der Waals surface area (Å²) in [5.41, 5.74) is 1.83. The summed E-state index contributed by atoms with van der Waals surface area (Å²) < 4.78 is 11.5.